The molecule has 1 nitrogen and oxygen atoms in total. The van der Waals surface area contributed by atoms with Crippen molar-refractivity contribution in [3.63, 3.8) is 0 Å². The highest BCUT2D eigenvalue weighted by Gasteiger charge is 2.03. The molecule has 1 rings (SSSR count). The second-order valence-corrected chi connectivity index (χ2v) is 3.43. The van der Waals surface area contributed by atoms with Crippen molar-refractivity contribution in [1.82, 2.24) is 0 Å². The number of hydrogen-bond acceptors (Lipinski definition) is 1. The zero-order chi connectivity index (χ0) is 12.6. The van der Waals surface area contributed by atoms with Crippen molar-refractivity contribution in [2.75, 3.05) is 0 Å². The Bertz CT molecular complexity index is 395. The van der Waals surface area contributed by atoms with Crippen LogP contribution in [0.3, 0.4) is 0 Å². The van der Waals surface area contributed by atoms with Crippen LogP contribution < -0.4 is 10.6 Å². The molecule has 16 heavy (non-hydrogen) atoms. The predicted molar refractivity (Wildman–Crippen MR) is 72.7 cm³/mol. The van der Waals surface area contributed by atoms with E-state index < -0.39 is 0 Å². The minimum Gasteiger partial charge on any atom is -0.461 e. The summed E-state index contributed by atoms with van der Waals surface area (Å²) in [5.74, 6) is 1.39. The summed E-state index contributed by atoms with van der Waals surface area (Å²) in [5, 5.41) is 1.06. The number of hydrogen-bond donors (Lipinski definition) is 0. The summed E-state index contributed by atoms with van der Waals surface area (Å²) in [6.45, 7) is 15.5. The molecule has 1 aromatic rings. The van der Waals surface area contributed by atoms with Crippen LogP contribution in [-0.4, -0.2) is 0 Å². The topological polar surface area (TPSA) is 13.1 Å². The van der Waals surface area contributed by atoms with Gasteiger partial charge in [-0.1, -0.05) is 59.1 Å². The van der Waals surface area contributed by atoms with E-state index in [1.807, 2.05) is 32.1 Å². The Morgan fingerprint density at radius 2 is 1.69 bits per heavy atom. The van der Waals surface area contributed by atoms with Gasteiger partial charge in [0.1, 0.15) is 11.2 Å². The molecule has 0 atom stereocenters. The van der Waals surface area contributed by atoms with E-state index in [2.05, 4.69) is 27.0 Å². The Balaban J connectivity index is 0.00000106. The smallest absolute Gasteiger partial charge is 0.134 e. The van der Waals surface area contributed by atoms with Gasteiger partial charge < -0.3 is 4.42 Å². The average molecular weight is 218 g/mol. The quantitative estimate of drug-likeness (QED) is 0.758. The maximum absolute atomic E-state index is 5.66. The van der Waals surface area contributed by atoms with Gasteiger partial charge in [0, 0.05) is 11.1 Å². The number of allylic oxidation sites excluding steroid dienone is 2. The van der Waals surface area contributed by atoms with E-state index in [9.17, 15) is 0 Å². The van der Waals surface area contributed by atoms with Crippen LogP contribution in [0.2, 0.25) is 0 Å². The molecule has 88 valence electrons. The zero-order valence-electron chi connectivity index (χ0n) is 10.8. The van der Waals surface area contributed by atoms with E-state index in [0.717, 1.165) is 16.4 Å². The van der Waals surface area contributed by atoms with Crippen LogP contribution in [-0.2, 0) is 0 Å². The van der Waals surface area contributed by atoms with Gasteiger partial charge in [-0.2, -0.15) is 0 Å². The van der Waals surface area contributed by atoms with Crippen molar-refractivity contribution >= 4 is 12.2 Å². The summed E-state index contributed by atoms with van der Waals surface area (Å²) in [7, 11) is 0. The first kappa shape index (κ1) is 14.5. The van der Waals surface area contributed by atoms with E-state index in [-0.39, 0.29) is 0 Å². The molecule has 0 amide bonds. The monoisotopic (exact) mass is 218 g/mol. The standard InChI is InChI=1S/C13H16O.C2H6/c1-5-7-11-9-13(10(3)4)14-12(11)8-6-2;1-2/h5-10H,1-2H2,3-4H3;1-2H3/b11-7-,12-8+;. The molecule has 0 bridgehead atoms. The fourth-order valence-electron chi connectivity index (χ4n) is 1.22. The fourth-order valence-corrected chi connectivity index (χ4v) is 1.22. The Labute approximate surface area is 98.5 Å². The van der Waals surface area contributed by atoms with Gasteiger partial charge in [-0.15, -0.1) is 0 Å². The minimum absolute atomic E-state index is 0.402. The van der Waals surface area contributed by atoms with Crippen LogP contribution in [0.5, 0.6) is 0 Å². The molecule has 0 N–H and O–H groups in total. The molecule has 0 fully saturated rings. The zero-order valence-corrected chi connectivity index (χ0v) is 10.8. The Kier molecular flexibility index (Phi) is 7.02. The third-order valence-corrected chi connectivity index (χ3v) is 1.95. The molecule has 1 aromatic heterocycles. The summed E-state index contributed by atoms with van der Waals surface area (Å²) in [6.07, 6.45) is 7.28. The molecule has 0 aromatic carbocycles. The minimum atomic E-state index is 0.402. The normalized spacial score (nSPS) is 12.3. The lowest BCUT2D eigenvalue weighted by molar-refractivity contribution is 0.461. The summed E-state index contributed by atoms with van der Waals surface area (Å²) >= 11 is 0. The maximum Gasteiger partial charge on any atom is 0.134 e. The van der Waals surface area contributed by atoms with E-state index in [4.69, 9.17) is 4.42 Å². The van der Waals surface area contributed by atoms with Crippen LogP contribution in [0.15, 0.2) is 35.8 Å². The summed E-state index contributed by atoms with van der Waals surface area (Å²) < 4.78 is 5.66. The first-order valence-corrected chi connectivity index (χ1v) is 5.74. The molecule has 1 heterocycles. The lowest BCUT2D eigenvalue weighted by Gasteiger charge is -1.95. The van der Waals surface area contributed by atoms with Gasteiger partial charge in [-0.05, 0) is 12.1 Å². The van der Waals surface area contributed by atoms with Gasteiger partial charge in [0.25, 0.3) is 0 Å². The third-order valence-electron chi connectivity index (χ3n) is 1.95. The van der Waals surface area contributed by atoms with Crippen molar-refractivity contribution in [1.29, 1.82) is 0 Å². The average Bonchev–Trinajstić information content (AvgIpc) is 2.66. The van der Waals surface area contributed by atoms with Crippen LogP contribution in [0.1, 0.15) is 39.4 Å². The highest BCUT2D eigenvalue weighted by molar-refractivity contribution is 5.40. The molecular formula is C15H22O. The lowest BCUT2D eigenvalue weighted by Crippen LogP contribution is -2.17. The SMILES string of the molecule is C=C/C=c1/cc(C(C)C)o/c1=C/C=C.CC. The van der Waals surface area contributed by atoms with Crippen molar-refractivity contribution in [3.05, 3.63) is 47.8 Å². The second kappa shape index (κ2) is 7.75. The highest BCUT2D eigenvalue weighted by Crippen LogP contribution is 2.09. The van der Waals surface area contributed by atoms with E-state index >= 15 is 0 Å². The van der Waals surface area contributed by atoms with Crippen molar-refractivity contribution in [2.45, 2.75) is 33.6 Å². The van der Waals surface area contributed by atoms with E-state index in [0.29, 0.717) is 5.92 Å². The van der Waals surface area contributed by atoms with Crippen LogP contribution in [0.4, 0.5) is 0 Å². The lowest BCUT2D eigenvalue weighted by atomic mass is 10.1. The molecule has 0 aliphatic rings. The maximum atomic E-state index is 5.66. The van der Waals surface area contributed by atoms with Crippen LogP contribution in [0, 0.1) is 0 Å². The third kappa shape index (κ3) is 3.93. The molecule has 0 saturated heterocycles. The number of rotatable bonds is 3. The Morgan fingerprint density at radius 3 is 2.12 bits per heavy atom. The Morgan fingerprint density at radius 1 is 1.12 bits per heavy atom. The van der Waals surface area contributed by atoms with Gasteiger partial charge >= 0.3 is 0 Å². The van der Waals surface area contributed by atoms with Crippen molar-refractivity contribution < 1.29 is 4.42 Å². The molecule has 0 spiro atoms. The van der Waals surface area contributed by atoms with Crippen molar-refractivity contribution in [3.8, 4) is 0 Å². The van der Waals surface area contributed by atoms with E-state index in [1.54, 1.807) is 12.2 Å². The molecule has 0 saturated carbocycles. The Hall–Kier alpha value is -1.50. The van der Waals surface area contributed by atoms with Crippen LogP contribution >= 0.6 is 0 Å². The summed E-state index contributed by atoms with van der Waals surface area (Å²) in [5.41, 5.74) is 0.851. The van der Waals surface area contributed by atoms with Gasteiger partial charge in [0.15, 0.2) is 0 Å². The molecule has 0 aliphatic heterocycles. The molecule has 0 unspecified atom stereocenters. The van der Waals surface area contributed by atoms with Crippen molar-refractivity contribution in [2.24, 2.45) is 0 Å². The van der Waals surface area contributed by atoms with Crippen LogP contribution in [0.25, 0.3) is 12.2 Å². The first-order chi connectivity index (χ1) is 7.69. The second-order valence-electron chi connectivity index (χ2n) is 3.43. The predicted octanol–water partition coefficient (Wildman–Crippen LogP) is 3.36. The molecule has 0 radical (unpaired) electrons. The summed E-state index contributed by atoms with van der Waals surface area (Å²) in [6, 6.07) is 2.04. The molecule has 0 aliphatic carbocycles. The van der Waals surface area contributed by atoms with Gasteiger partial charge in [0.2, 0.25) is 0 Å². The van der Waals surface area contributed by atoms with Gasteiger partial charge in [-0.25, -0.2) is 0 Å². The van der Waals surface area contributed by atoms with Gasteiger partial charge in [-0.3, -0.25) is 0 Å². The summed E-state index contributed by atoms with van der Waals surface area (Å²) in [4.78, 5) is 0. The number of furan rings is 1. The fraction of sp³-hybridized carbons (Fsp3) is 0.333. The first-order valence-electron chi connectivity index (χ1n) is 5.74. The highest BCUT2D eigenvalue weighted by atomic mass is 16.3. The molecule has 1 heteroatoms. The van der Waals surface area contributed by atoms with E-state index in [1.165, 1.54) is 0 Å². The largest absolute Gasteiger partial charge is 0.461 e. The molecular weight excluding hydrogens is 196 g/mol. The van der Waals surface area contributed by atoms with Gasteiger partial charge in [0.05, 0.1) is 0 Å².